The summed E-state index contributed by atoms with van der Waals surface area (Å²) in [5.74, 6) is -1.03. The second-order valence-corrected chi connectivity index (χ2v) is 7.44. The number of amides is 2. The summed E-state index contributed by atoms with van der Waals surface area (Å²) in [7, 11) is -3.04. The van der Waals surface area contributed by atoms with Gasteiger partial charge in [0.05, 0.1) is 5.75 Å². The predicted octanol–water partition coefficient (Wildman–Crippen LogP) is 0.460. The summed E-state index contributed by atoms with van der Waals surface area (Å²) in [6.45, 7) is -0.0860. The number of urea groups is 1. The largest absolute Gasteiger partial charge is 0.480 e. The zero-order valence-electron chi connectivity index (χ0n) is 11.7. The molecular formula is C12H22N2O5S. The minimum absolute atomic E-state index is 0.00956. The maximum Gasteiger partial charge on any atom is 0.323 e. The van der Waals surface area contributed by atoms with Gasteiger partial charge >= 0.3 is 12.0 Å². The monoisotopic (exact) mass is 306 g/mol. The number of aliphatic carboxylic acids is 1. The maximum absolute atomic E-state index is 12.0. The van der Waals surface area contributed by atoms with Crippen molar-refractivity contribution >= 4 is 21.8 Å². The van der Waals surface area contributed by atoms with Gasteiger partial charge in [-0.3, -0.25) is 4.79 Å². The number of nitrogens with zero attached hydrogens (tertiary/aromatic N) is 1. The van der Waals surface area contributed by atoms with Crippen LogP contribution in [0.3, 0.4) is 0 Å². The van der Waals surface area contributed by atoms with Crippen molar-refractivity contribution in [1.29, 1.82) is 0 Å². The normalized spacial score (nSPS) is 16.1. The van der Waals surface area contributed by atoms with Gasteiger partial charge in [0.1, 0.15) is 16.4 Å². The van der Waals surface area contributed by atoms with Crippen molar-refractivity contribution in [2.24, 2.45) is 0 Å². The summed E-state index contributed by atoms with van der Waals surface area (Å²) in [4.78, 5) is 24.2. The molecule has 0 aromatic carbocycles. The topological polar surface area (TPSA) is 104 Å². The van der Waals surface area contributed by atoms with Crippen molar-refractivity contribution in [2.75, 3.05) is 25.1 Å². The van der Waals surface area contributed by atoms with Crippen LogP contribution < -0.4 is 5.32 Å². The lowest BCUT2D eigenvalue weighted by Crippen LogP contribution is -2.48. The standard InChI is InChI=1S/C12H22N2O5S/c1-20(18,19)8-4-7-13-12(17)14(9-11(15)16)10-5-2-3-6-10/h10H,2-9H2,1H3,(H,13,17)(H,15,16). The lowest BCUT2D eigenvalue weighted by Gasteiger charge is -2.27. The molecule has 7 nitrogen and oxygen atoms in total. The molecule has 0 bridgehead atoms. The highest BCUT2D eigenvalue weighted by Crippen LogP contribution is 2.23. The van der Waals surface area contributed by atoms with Crippen LogP contribution in [0.4, 0.5) is 4.79 Å². The minimum Gasteiger partial charge on any atom is -0.480 e. The molecule has 1 rings (SSSR count). The van der Waals surface area contributed by atoms with Crippen molar-refractivity contribution in [3.63, 3.8) is 0 Å². The fraction of sp³-hybridized carbons (Fsp3) is 0.833. The Balaban J connectivity index is 2.44. The molecule has 0 aliphatic heterocycles. The van der Waals surface area contributed by atoms with Crippen LogP contribution in [0.2, 0.25) is 0 Å². The number of rotatable bonds is 7. The minimum atomic E-state index is -3.04. The summed E-state index contributed by atoms with van der Waals surface area (Å²) >= 11 is 0. The Bertz CT molecular complexity index is 443. The molecule has 0 unspecified atom stereocenters. The first-order chi connectivity index (χ1) is 9.29. The molecule has 0 atom stereocenters. The molecular weight excluding hydrogens is 284 g/mol. The maximum atomic E-state index is 12.0. The molecule has 2 amide bonds. The van der Waals surface area contributed by atoms with Gasteiger partial charge in [0.25, 0.3) is 0 Å². The zero-order valence-corrected chi connectivity index (χ0v) is 12.5. The summed E-state index contributed by atoms with van der Waals surface area (Å²) < 4.78 is 21.9. The third kappa shape index (κ3) is 6.23. The Morgan fingerprint density at radius 2 is 1.90 bits per heavy atom. The van der Waals surface area contributed by atoms with Crippen molar-refractivity contribution < 1.29 is 23.1 Å². The number of carbonyl (C=O) groups is 2. The van der Waals surface area contributed by atoms with E-state index < -0.39 is 21.8 Å². The molecule has 0 saturated heterocycles. The number of nitrogens with one attached hydrogen (secondary N) is 1. The summed E-state index contributed by atoms with van der Waals surface area (Å²) in [6.07, 6.45) is 5.12. The Morgan fingerprint density at radius 3 is 2.40 bits per heavy atom. The van der Waals surface area contributed by atoms with Crippen LogP contribution in [-0.4, -0.2) is 61.6 Å². The Hall–Kier alpha value is -1.31. The molecule has 116 valence electrons. The lowest BCUT2D eigenvalue weighted by molar-refractivity contribution is -0.138. The SMILES string of the molecule is CS(=O)(=O)CCCNC(=O)N(CC(=O)O)C1CCCC1. The number of carboxylic acids is 1. The van der Waals surface area contributed by atoms with Crippen LogP contribution in [0.15, 0.2) is 0 Å². The first-order valence-electron chi connectivity index (χ1n) is 6.73. The van der Waals surface area contributed by atoms with Gasteiger partial charge in [-0.15, -0.1) is 0 Å². The van der Waals surface area contributed by atoms with Crippen molar-refractivity contribution in [1.82, 2.24) is 10.2 Å². The van der Waals surface area contributed by atoms with E-state index in [-0.39, 0.29) is 24.9 Å². The first-order valence-corrected chi connectivity index (χ1v) is 8.79. The summed E-state index contributed by atoms with van der Waals surface area (Å²) in [5.41, 5.74) is 0. The van der Waals surface area contributed by atoms with Gasteiger partial charge in [0.15, 0.2) is 0 Å². The fourth-order valence-electron chi connectivity index (χ4n) is 2.36. The average molecular weight is 306 g/mol. The van der Waals surface area contributed by atoms with Gasteiger partial charge in [-0.2, -0.15) is 0 Å². The Labute approximate surface area is 119 Å². The summed E-state index contributed by atoms with van der Waals surface area (Å²) in [6, 6.07) is -0.450. The second-order valence-electron chi connectivity index (χ2n) is 5.18. The molecule has 1 aliphatic carbocycles. The van der Waals surface area contributed by atoms with Gasteiger partial charge in [-0.25, -0.2) is 13.2 Å². The molecule has 20 heavy (non-hydrogen) atoms. The van der Waals surface area contributed by atoms with E-state index >= 15 is 0 Å². The molecule has 1 aliphatic rings. The van der Waals surface area contributed by atoms with Crippen molar-refractivity contribution in [3.8, 4) is 0 Å². The van der Waals surface area contributed by atoms with E-state index in [2.05, 4.69) is 5.32 Å². The highest BCUT2D eigenvalue weighted by atomic mass is 32.2. The first kappa shape index (κ1) is 16.7. The molecule has 0 radical (unpaired) electrons. The van der Waals surface area contributed by atoms with Crippen molar-refractivity contribution in [3.05, 3.63) is 0 Å². The second kappa shape index (κ2) is 7.47. The Kier molecular flexibility index (Phi) is 6.25. The van der Waals surface area contributed by atoms with E-state index in [1.165, 1.54) is 4.90 Å². The number of sulfone groups is 1. The summed E-state index contributed by atoms with van der Waals surface area (Å²) in [5, 5.41) is 11.5. The number of hydrogen-bond acceptors (Lipinski definition) is 4. The Morgan fingerprint density at radius 1 is 1.30 bits per heavy atom. The van der Waals surface area contributed by atoms with E-state index in [1.54, 1.807) is 0 Å². The average Bonchev–Trinajstić information content (AvgIpc) is 2.83. The van der Waals surface area contributed by atoms with Gasteiger partial charge in [0.2, 0.25) is 0 Å². The number of carbonyl (C=O) groups excluding carboxylic acids is 1. The van der Waals surface area contributed by atoms with E-state index in [1.807, 2.05) is 0 Å². The molecule has 1 saturated carbocycles. The van der Waals surface area contributed by atoms with E-state index in [0.717, 1.165) is 31.9 Å². The highest BCUT2D eigenvalue weighted by molar-refractivity contribution is 7.90. The van der Waals surface area contributed by atoms with Crippen LogP contribution in [0.25, 0.3) is 0 Å². The highest BCUT2D eigenvalue weighted by Gasteiger charge is 2.28. The van der Waals surface area contributed by atoms with E-state index in [0.29, 0.717) is 6.42 Å². The number of hydrogen-bond donors (Lipinski definition) is 2. The van der Waals surface area contributed by atoms with E-state index in [9.17, 15) is 18.0 Å². The smallest absolute Gasteiger partial charge is 0.323 e. The van der Waals surface area contributed by atoms with Gasteiger partial charge in [-0.1, -0.05) is 12.8 Å². The van der Waals surface area contributed by atoms with Gasteiger partial charge in [0, 0.05) is 18.8 Å². The van der Waals surface area contributed by atoms with Crippen molar-refractivity contribution in [2.45, 2.75) is 38.1 Å². The fourth-order valence-corrected chi connectivity index (χ4v) is 3.03. The molecule has 0 heterocycles. The molecule has 0 spiro atoms. The molecule has 0 aromatic heterocycles. The molecule has 8 heteroatoms. The lowest BCUT2D eigenvalue weighted by atomic mass is 10.2. The van der Waals surface area contributed by atoms with Crippen LogP contribution >= 0.6 is 0 Å². The third-order valence-electron chi connectivity index (χ3n) is 3.30. The van der Waals surface area contributed by atoms with Gasteiger partial charge in [-0.05, 0) is 19.3 Å². The van der Waals surface area contributed by atoms with Crippen LogP contribution in [0, 0.1) is 0 Å². The van der Waals surface area contributed by atoms with Crippen LogP contribution in [-0.2, 0) is 14.6 Å². The zero-order chi connectivity index (χ0) is 15.2. The number of carboxylic acid groups (broad SMARTS) is 1. The van der Waals surface area contributed by atoms with E-state index in [4.69, 9.17) is 5.11 Å². The molecule has 2 N–H and O–H groups in total. The van der Waals surface area contributed by atoms with Crippen LogP contribution in [0.5, 0.6) is 0 Å². The van der Waals surface area contributed by atoms with Crippen LogP contribution in [0.1, 0.15) is 32.1 Å². The quantitative estimate of drug-likeness (QED) is 0.665. The molecule has 0 aromatic rings. The van der Waals surface area contributed by atoms with Gasteiger partial charge < -0.3 is 15.3 Å². The molecule has 1 fully saturated rings. The predicted molar refractivity (Wildman–Crippen MR) is 74.3 cm³/mol. The third-order valence-corrected chi connectivity index (χ3v) is 4.33.